The molecule has 0 radical (unpaired) electrons. The third-order valence-electron chi connectivity index (χ3n) is 13.2. The van der Waals surface area contributed by atoms with Gasteiger partial charge in [0.2, 0.25) is 0 Å². The van der Waals surface area contributed by atoms with Gasteiger partial charge in [-0.3, -0.25) is 0 Å². The molecule has 1 aliphatic rings. The van der Waals surface area contributed by atoms with Crippen LogP contribution in [0.1, 0.15) is 84.6 Å². The van der Waals surface area contributed by atoms with Crippen molar-refractivity contribution in [2.24, 2.45) is 5.41 Å². The summed E-state index contributed by atoms with van der Waals surface area (Å²) in [6.45, 7) is 23.3. The van der Waals surface area contributed by atoms with Gasteiger partial charge in [0.05, 0.1) is 0 Å². The molecule has 286 valence electrons. The van der Waals surface area contributed by atoms with Crippen molar-refractivity contribution in [2.75, 3.05) is 0 Å². The summed E-state index contributed by atoms with van der Waals surface area (Å²) >= 11 is 2.41. The number of fused-ring (bicyclic) bond motifs is 6. The molecule has 0 aliphatic heterocycles. The molecule has 0 fully saturated rings. The fourth-order valence-corrected chi connectivity index (χ4v) is 9.99. The zero-order valence-corrected chi connectivity index (χ0v) is 36.0. The first kappa shape index (κ1) is 36.6. The van der Waals surface area contributed by atoms with Gasteiger partial charge in [0.25, 0.3) is 0 Å². The molecule has 56 heavy (non-hydrogen) atoms. The molecule has 7 heteroatoms. The van der Waals surface area contributed by atoms with E-state index in [1.54, 1.807) is 6.20 Å². The van der Waals surface area contributed by atoms with Crippen molar-refractivity contribution in [1.82, 2.24) is 23.7 Å². The van der Waals surface area contributed by atoms with Crippen LogP contribution in [0.3, 0.4) is 0 Å². The van der Waals surface area contributed by atoms with Crippen LogP contribution in [0.4, 0.5) is 0 Å². The Hall–Kier alpha value is -5.06. The summed E-state index contributed by atoms with van der Waals surface area (Å²) in [5.74, 6) is 1.97. The molecule has 0 unspecified atom stereocenters. The molecular weight excluding hydrogens is 870 g/mol. The average molecular weight is 917 g/mol. The normalized spacial score (nSPS) is 15.9. The minimum Gasteiger partial charge on any atom is -0.0582 e. The van der Waals surface area contributed by atoms with Crippen LogP contribution in [0.25, 0.3) is 50.0 Å². The van der Waals surface area contributed by atoms with E-state index in [-0.39, 0.29) is 21.7 Å². The van der Waals surface area contributed by atoms with Crippen LogP contribution in [0, 0.1) is 28.3 Å². The number of benzene rings is 4. The summed E-state index contributed by atoms with van der Waals surface area (Å²) in [6, 6.07) is 37.6. The summed E-state index contributed by atoms with van der Waals surface area (Å²) in [4.78, 5) is 9.60. The van der Waals surface area contributed by atoms with Crippen LogP contribution >= 0.6 is 0 Å². The molecule has 1 aliphatic carbocycles. The Morgan fingerprint density at radius 1 is 0.714 bits per heavy atom. The maximum absolute atomic E-state index is 6.62. The van der Waals surface area contributed by atoms with Gasteiger partial charge < -0.3 is 0 Å². The van der Waals surface area contributed by atoms with Crippen molar-refractivity contribution in [1.29, 1.82) is 0 Å². The van der Waals surface area contributed by atoms with Crippen molar-refractivity contribution in [2.45, 2.75) is 85.5 Å². The van der Waals surface area contributed by atoms with Crippen molar-refractivity contribution >= 4 is 32.8 Å². The monoisotopic (exact) mass is 916 g/mol. The second-order valence-electron chi connectivity index (χ2n) is 18.0. The van der Waals surface area contributed by atoms with Crippen LogP contribution in [-0.2, 0) is 35.6 Å². The molecule has 0 atom stereocenters. The van der Waals surface area contributed by atoms with Gasteiger partial charge in [-0.15, -0.1) is 0 Å². The SMILES string of the molecule is Cc1ccnc(-n2c3[c-]c(Oc4[c-]c(-n5[c](=[Pt])n(-c6ccc(C(C)(C)C)cc6)c6ccccc65)cnc4)ccc3c3ccc4c(c32)C(C)(C)C(C)(C)C4(C)C)c1. The van der Waals surface area contributed by atoms with E-state index in [9.17, 15) is 0 Å². The van der Waals surface area contributed by atoms with Gasteiger partial charge in [-0.25, -0.2) is 0 Å². The van der Waals surface area contributed by atoms with Crippen molar-refractivity contribution in [3.63, 3.8) is 0 Å². The zero-order valence-electron chi connectivity index (χ0n) is 33.8. The third-order valence-corrected chi connectivity index (χ3v) is 14.2. The molecule has 0 bridgehead atoms. The van der Waals surface area contributed by atoms with E-state index in [4.69, 9.17) is 9.72 Å². The van der Waals surface area contributed by atoms with Gasteiger partial charge in [-0.05, 0) is 40.4 Å². The molecule has 4 aromatic heterocycles. The number of hydrogen-bond donors (Lipinski definition) is 0. The quantitative estimate of drug-likeness (QED) is 0.162. The molecule has 0 saturated heterocycles. The maximum atomic E-state index is 6.62. The number of pyridine rings is 2. The first-order valence-electron chi connectivity index (χ1n) is 19.3. The minimum atomic E-state index is -0.115. The summed E-state index contributed by atoms with van der Waals surface area (Å²) in [5, 5.41) is 2.30. The molecular formula is C49H47N5OPt-2. The predicted octanol–water partition coefficient (Wildman–Crippen LogP) is 12.0. The van der Waals surface area contributed by atoms with E-state index in [0.29, 0.717) is 11.5 Å². The Bertz CT molecular complexity index is 2930. The molecule has 0 N–H and O–H groups in total. The molecule has 0 spiro atoms. The zero-order chi connectivity index (χ0) is 39.5. The molecule has 9 rings (SSSR count). The van der Waals surface area contributed by atoms with E-state index >= 15 is 0 Å². The van der Waals surface area contributed by atoms with Gasteiger partial charge >= 0.3 is 248 Å². The summed E-state index contributed by atoms with van der Waals surface area (Å²) in [5.41, 5.74) is 11.3. The van der Waals surface area contributed by atoms with Crippen LogP contribution in [0.2, 0.25) is 0 Å². The van der Waals surface area contributed by atoms with Gasteiger partial charge in [-0.2, -0.15) is 0 Å². The van der Waals surface area contributed by atoms with E-state index in [1.165, 1.54) is 27.6 Å². The Morgan fingerprint density at radius 2 is 1.41 bits per heavy atom. The number of para-hydroxylation sites is 2. The van der Waals surface area contributed by atoms with Gasteiger partial charge in [0.1, 0.15) is 0 Å². The number of imidazole rings is 1. The molecule has 4 heterocycles. The van der Waals surface area contributed by atoms with Crippen LogP contribution in [0.15, 0.2) is 104 Å². The van der Waals surface area contributed by atoms with E-state index in [2.05, 4.69) is 192 Å². The number of nitrogens with zero attached hydrogens (tertiary/aromatic N) is 5. The fourth-order valence-electron chi connectivity index (χ4n) is 8.87. The van der Waals surface area contributed by atoms with Crippen LogP contribution < -0.4 is 4.74 Å². The van der Waals surface area contributed by atoms with E-state index in [0.717, 1.165) is 48.5 Å². The fraction of sp³-hybridized carbons (Fsp3) is 0.286. The van der Waals surface area contributed by atoms with Crippen molar-refractivity contribution in [3.8, 4) is 28.7 Å². The van der Waals surface area contributed by atoms with E-state index < -0.39 is 0 Å². The van der Waals surface area contributed by atoms with Gasteiger partial charge in [0, 0.05) is 6.20 Å². The van der Waals surface area contributed by atoms with Crippen LogP contribution in [-0.4, -0.2) is 23.7 Å². The number of aryl methyl sites for hydroxylation is 1. The first-order chi connectivity index (χ1) is 26.5. The number of rotatable bonds is 5. The Labute approximate surface area is 340 Å². The Kier molecular flexibility index (Phi) is 8.14. The minimum absolute atomic E-state index is 0.00280. The molecule has 4 aromatic carbocycles. The number of ether oxygens (including phenoxy) is 1. The second-order valence-corrected chi connectivity index (χ2v) is 19.0. The molecule has 0 amide bonds. The topological polar surface area (TPSA) is 49.8 Å². The average Bonchev–Trinajstić information content (AvgIpc) is 3.68. The third kappa shape index (κ3) is 5.28. The van der Waals surface area contributed by atoms with Crippen LogP contribution in [0.5, 0.6) is 11.5 Å². The standard InChI is InChI=1S/C49H47N5O.Pt/c1-31-23-24-51-43(25-31)54-42-27-35(19-20-37(42)38-21-22-39-44(45(38)54)48(7,8)49(9,10)47(39,5)6)55-36-26-34(28-50-29-36)53-30-52(40-13-11-12-14-41(40)53)33-17-15-32(16-18-33)46(2,3)4;/h11-25,28-29H,1-10H3;/q-2;. The number of aromatic nitrogens is 5. The Balaban J connectivity index is 1.18. The Morgan fingerprint density at radius 3 is 2.11 bits per heavy atom. The van der Waals surface area contributed by atoms with E-state index in [1.807, 2.05) is 24.5 Å². The molecule has 0 saturated carbocycles. The summed E-state index contributed by atoms with van der Waals surface area (Å²) < 4.78 is 14.4. The van der Waals surface area contributed by atoms with Gasteiger partial charge in [0.15, 0.2) is 0 Å². The number of hydrogen-bond acceptors (Lipinski definition) is 3. The molecule has 6 nitrogen and oxygen atoms in total. The van der Waals surface area contributed by atoms with Crippen molar-refractivity contribution in [3.05, 3.63) is 142 Å². The predicted molar refractivity (Wildman–Crippen MR) is 223 cm³/mol. The summed E-state index contributed by atoms with van der Waals surface area (Å²) in [7, 11) is 0. The second kappa shape index (κ2) is 12.5. The van der Waals surface area contributed by atoms with Crippen molar-refractivity contribution < 1.29 is 24.1 Å². The molecule has 8 aromatic rings. The van der Waals surface area contributed by atoms with Gasteiger partial charge in [-0.1, -0.05) is 47.6 Å². The summed E-state index contributed by atoms with van der Waals surface area (Å²) in [6.07, 6.45) is 5.46. The smallest absolute Gasteiger partial charge is 0.0582 e. The first-order valence-corrected chi connectivity index (χ1v) is 20.5.